The summed E-state index contributed by atoms with van der Waals surface area (Å²) in [6.45, 7) is 0. The van der Waals surface area contributed by atoms with Crippen LogP contribution in [0.5, 0.6) is 0 Å². The molecule has 124 valence electrons. The topological polar surface area (TPSA) is 59.3 Å². The number of nitrogens with one attached hydrogen (secondary N) is 1. The predicted octanol–water partition coefficient (Wildman–Crippen LogP) is 3.48. The molecule has 3 rings (SSSR count). The third-order valence-electron chi connectivity index (χ3n) is 3.09. The van der Waals surface area contributed by atoms with Gasteiger partial charge in [-0.2, -0.15) is 13.2 Å². The summed E-state index contributed by atoms with van der Waals surface area (Å²) in [5, 5.41) is 10.9. The highest BCUT2D eigenvalue weighted by atomic mass is 32.2. The van der Waals surface area contributed by atoms with Gasteiger partial charge in [-0.15, -0.1) is 10.2 Å². The van der Waals surface area contributed by atoms with E-state index in [4.69, 9.17) is 0 Å². The standard InChI is InChI=1S/C15H11F3N4OS/c16-15(17,18)10-4-3-5-11(8-10)19-13(23)9-24-14-21-20-12-6-1-2-7-22(12)14/h1-8H,9H2,(H,19,23). The lowest BCUT2D eigenvalue weighted by molar-refractivity contribution is -0.137. The van der Waals surface area contributed by atoms with Crippen molar-refractivity contribution in [1.82, 2.24) is 14.6 Å². The van der Waals surface area contributed by atoms with Crippen LogP contribution in [0, 0.1) is 0 Å². The number of benzene rings is 1. The number of carbonyl (C=O) groups is 1. The van der Waals surface area contributed by atoms with Crippen molar-refractivity contribution in [3.8, 4) is 0 Å². The number of hydrogen-bond donors (Lipinski definition) is 1. The van der Waals surface area contributed by atoms with Gasteiger partial charge in [0.2, 0.25) is 5.91 Å². The van der Waals surface area contributed by atoms with Crippen molar-refractivity contribution in [2.75, 3.05) is 11.1 Å². The third-order valence-corrected chi connectivity index (χ3v) is 4.03. The summed E-state index contributed by atoms with van der Waals surface area (Å²) >= 11 is 1.15. The molecule has 0 atom stereocenters. The van der Waals surface area contributed by atoms with E-state index in [2.05, 4.69) is 15.5 Å². The molecule has 0 aliphatic rings. The lowest BCUT2D eigenvalue weighted by Gasteiger charge is -2.09. The van der Waals surface area contributed by atoms with Crippen molar-refractivity contribution in [2.24, 2.45) is 0 Å². The molecule has 9 heteroatoms. The average Bonchev–Trinajstić information content (AvgIpc) is 2.96. The van der Waals surface area contributed by atoms with Crippen molar-refractivity contribution in [2.45, 2.75) is 11.3 Å². The summed E-state index contributed by atoms with van der Waals surface area (Å²) < 4.78 is 39.7. The first-order valence-corrected chi connectivity index (χ1v) is 7.82. The number of halogens is 3. The van der Waals surface area contributed by atoms with E-state index < -0.39 is 17.6 Å². The van der Waals surface area contributed by atoms with Crippen LogP contribution < -0.4 is 5.32 Å². The number of rotatable bonds is 4. The number of anilines is 1. The minimum absolute atomic E-state index is 0.00589. The molecule has 1 aromatic carbocycles. The van der Waals surface area contributed by atoms with Crippen LogP contribution in [0.4, 0.5) is 18.9 Å². The molecule has 5 nitrogen and oxygen atoms in total. The molecule has 2 heterocycles. The van der Waals surface area contributed by atoms with Crippen LogP contribution in [-0.4, -0.2) is 26.3 Å². The van der Waals surface area contributed by atoms with E-state index in [9.17, 15) is 18.0 Å². The second-order valence-electron chi connectivity index (χ2n) is 4.83. The second-order valence-corrected chi connectivity index (χ2v) is 5.77. The molecule has 24 heavy (non-hydrogen) atoms. The highest BCUT2D eigenvalue weighted by Crippen LogP contribution is 2.30. The largest absolute Gasteiger partial charge is 0.416 e. The van der Waals surface area contributed by atoms with Gasteiger partial charge in [-0.25, -0.2) is 0 Å². The van der Waals surface area contributed by atoms with Crippen LogP contribution in [0.15, 0.2) is 53.8 Å². The Morgan fingerprint density at radius 2 is 2.00 bits per heavy atom. The Hall–Kier alpha value is -2.55. The summed E-state index contributed by atoms with van der Waals surface area (Å²) in [4.78, 5) is 11.9. The maximum absolute atomic E-state index is 12.7. The highest BCUT2D eigenvalue weighted by Gasteiger charge is 2.30. The number of fused-ring (bicyclic) bond motifs is 1. The minimum atomic E-state index is -4.45. The van der Waals surface area contributed by atoms with Crippen LogP contribution in [0.3, 0.4) is 0 Å². The van der Waals surface area contributed by atoms with Gasteiger partial charge in [-0.1, -0.05) is 23.9 Å². The average molecular weight is 352 g/mol. The molecule has 0 aliphatic heterocycles. The van der Waals surface area contributed by atoms with E-state index in [0.717, 1.165) is 23.9 Å². The van der Waals surface area contributed by atoms with E-state index >= 15 is 0 Å². The predicted molar refractivity (Wildman–Crippen MR) is 83.8 cm³/mol. The molecule has 0 bridgehead atoms. The summed E-state index contributed by atoms with van der Waals surface area (Å²) in [7, 11) is 0. The van der Waals surface area contributed by atoms with Crippen molar-refractivity contribution in [3.63, 3.8) is 0 Å². The van der Waals surface area contributed by atoms with Gasteiger partial charge in [-0.05, 0) is 30.3 Å². The fourth-order valence-electron chi connectivity index (χ4n) is 2.02. The Morgan fingerprint density at radius 1 is 1.17 bits per heavy atom. The van der Waals surface area contributed by atoms with Gasteiger partial charge in [0, 0.05) is 11.9 Å². The molecule has 0 spiro atoms. The van der Waals surface area contributed by atoms with Gasteiger partial charge in [-0.3, -0.25) is 9.20 Å². The first kappa shape index (κ1) is 16.3. The zero-order chi connectivity index (χ0) is 17.2. The fourth-order valence-corrected chi connectivity index (χ4v) is 2.74. The summed E-state index contributed by atoms with van der Waals surface area (Å²) in [6.07, 6.45) is -2.68. The number of thioether (sulfide) groups is 1. The number of nitrogens with zero attached hydrogens (tertiary/aromatic N) is 3. The molecule has 1 amide bonds. The maximum atomic E-state index is 12.7. The molecular formula is C15H11F3N4OS. The van der Waals surface area contributed by atoms with Gasteiger partial charge in [0.15, 0.2) is 10.8 Å². The van der Waals surface area contributed by atoms with E-state index in [1.54, 1.807) is 16.7 Å². The summed E-state index contributed by atoms with van der Waals surface area (Å²) in [5.74, 6) is -0.418. The highest BCUT2D eigenvalue weighted by molar-refractivity contribution is 7.99. The zero-order valence-electron chi connectivity index (χ0n) is 12.1. The number of amides is 1. The molecule has 0 radical (unpaired) electrons. The van der Waals surface area contributed by atoms with Gasteiger partial charge in [0.25, 0.3) is 0 Å². The number of carbonyl (C=O) groups excluding carboxylic acids is 1. The lowest BCUT2D eigenvalue weighted by atomic mass is 10.2. The van der Waals surface area contributed by atoms with Gasteiger partial charge in [0.1, 0.15) is 0 Å². The van der Waals surface area contributed by atoms with Crippen LogP contribution in [0.25, 0.3) is 5.65 Å². The van der Waals surface area contributed by atoms with Gasteiger partial charge in [0.05, 0.1) is 11.3 Å². The third kappa shape index (κ3) is 3.67. The minimum Gasteiger partial charge on any atom is -0.325 e. The molecule has 0 unspecified atom stereocenters. The summed E-state index contributed by atoms with van der Waals surface area (Å²) in [6, 6.07) is 9.91. The first-order chi connectivity index (χ1) is 11.4. The maximum Gasteiger partial charge on any atom is 0.416 e. The molecule has 0 saturated heterocycles. The SMILES string of the molecule is O=C(CSc1nnc2ccccn12)Nc1cccc(C(F)(F)F)c1. The van der Waals surface area contributed by atoms with Gasteiger partial charge < -0.3 is 5.32 Å². The molecule has 3 aromatic rings. The van der Waals surface area contributed by atoms with E-state index in [1.807, 2.05) is 12.1 Å². The number of hydrogen-bond acceptors (Lipinski definition) is 4. The fraction of sp³-hybridized carbons (Fsp3) is 0.133. The number of pyridine rings is 1. The molecule has 2 aromatic heterocycles. The summed E-state index contributed by atoms with van der Waals surface area (Å²) in [5.41, 5.74) is -0.0591. The van der Waals surface area contributed by atoms with E-state index in [1.165, 1.54) is 12.1 Å². The Labute approximate surface area is 138 Å². The normalized spacial score (nSPS) is 11.6. The van der Waals surface area contributed by atoms with Crippen LogP contribution >= 0.6 is 11.8 Å². The Bertz CT molecular complexity index is 878. The van der Waals surface area contributed by atoms with Crippen molar-refractivity contribution in [1.29, 1.82) is 0 Å². The lowest BCUT2D eigenvalue weighted by Crippen LogP contribution is -2.15. The molecule has 0 saturated carbocycles. The van der Waals surface area contributed by atoms with Crippen molar-refractivity contribution < 1.29 is 18.0 Å². The first-order valence-electron chi connectivity index (χ1n) is 6.83. The monoisotopic (exact) mass is 352 g/mol. The molecule has 1 N–H and O–H groups in total. The van der Waals surface area contributed by atoms with E-state index in [-0.39, 0.29) is 11.4 Å². The Balaban J connectivity index is 1.64. The molecule has 0 aliphatic carbocycles. The van der Waals surface area contributed by atoms with Crippen molar-refractivity contribution in [3.05, 3.63) is 54.2 Å². The smallest absolute Gasteiger partial charge is 0.325 e. The van der Waals surface area contributed by atoms with Crippen LogP contribution in [0.1, 0.15) is 5.56 Å². The molecule has 0 fully saturated rings. The van der Waals surface area contributed by atoms with Crippen LogP contribution in [-0.2, 0) is 11.0 Å². The Kier molecular flexibility index (Phi) is 4.43. The number of alkyl halides is 3. The Morgan fingerprint density at radius 3 is 2.79 bits per heavy atom. The van der Waals surface area contributed by atoms with E-state index in [0.29, 0.717) is 10.8 Å². The number of aromatic nitrogens is 3. The van der Waals surface area contributed by atoms with Crippen molar-refractivity contribution >= 4 is 29.0 Å². The second kappa shape index (κ2) is 6.52. The van der Waals surface area contributed by atoms with Crippen LogP contribution in [0.2, 0.25) is 0 Å². The zero-order valence-corrected chi connectivity index (χ0v) is 12.9. The molecular weight excluding hydrogens is 341 g/mol. The quantitative estimate of drug-likeness (QED) is 0.731. The van der Waals surface area contributed by atoms with Gasteiger partial charge >= 0.3 is 6.18 Å².